The Morgan fingerprint density at radius 2 is 2.00 bits per heavy atom. The zero-order chi connectivity index (χ0) is 22.3. The number of allylic oxidation sites excluding steroid dienone is 1. The number of anilines is 4. The van der Waals surface area contributed by atoms with Crippen LogP contribution in [-0.4, -0.2) is 64.9 Å². The third-order valence-corrected chi connectivity index (χ3v) is 7.06. The Morgan fingerprint density at radius 1 is 1.19 bits per heavy atom. The number of hydrogen-bond donors (Lipinski definition) is 3. The molecular formula is C22H30ClN7OS. The minimum Gasteiger partial charge on any atom is -0.495 e. The van der Waals surface area contributed by atoms with Gasteiger partial charge in [0.25, 0.3) is 0 Å². The lowest BCUT2D eigenvalue weighted by molar-refractivity contribution is 0.277. The molecule has 0 aliphatic carbocycles. The predicted octanol–water partition coefficient (Wildman–Crippen LogP) is 4.61. The van der Waals surface area contributed by atoms with E-state index < -0.39 is 0 Å². The van der Waals surface area contributed by atoms with E-state index in [2.05, 4.69) is 48.8 Å². The van der Waals surface area contributed by atoms with Gasteiger partial charge in [0, 0.05) is 35.5 Å². The number of nitrogens with zero attached hydrogens (tertiary/aromatic N) is 4. The third kappa shape index (κ3) is 5.96. The zero-order valence-corrected chi connectivity index (χ0v) is 20.1. The number of benzene rings is 1. The molecule has 0 spiro atoms. The van der Waals surface area contributed by atoms with Crippen molar-refractivity contribution in [2.24, 2.45) is 0 Å². The van der Waals surface area contributed by atoms with Crippen molar-refractivity contribution in [1.82, 2.24) is 19.9 Å². The van der Waals surface area contributed by atoms with Crippen LogP contribution in [0, 0.1) is 0 Å². The molecule has 1 aromatic heterocycles. The quantitative estimate of drug-likeness (QED) is 0.456. The van der Waals surface area contributed by atoms with Crippen molar-refractivity contribution in [3.8, 4) is 5.75 Å². The Bertz CT molecular complexity index is 958. The highest BCUT2D eigenvalue weighted by atomic mass is 35.5. The van der Waals surface area contributed by atoms with Crippen molar-refractivity contribution < 1.29 is 4.74 Å². The lowest BCUT2D eigenvalue weighted by atomic mass is 10.2. The first kappa shape index (κ1) is 22.9. The van der Waals surface area contributed by atoms with E-state index in [1.165, 1.54) is 17.7 Å². The van der Waals surface area contributed by atoms with Gasteiger partial charge in [0.05, 0.1) is 12.1 Å². The van der Waals surface area contributed by atoms with Crippen molar-refractivity contribution >= 4 is 46.9 Å². The summed E-state index contributed by atoms with van der Waals surface area (Å²) < 4.78 is 5.24. The number of likely N-dealkylation sites (N-methyl/N-ethyl adjacent to an activating group) is 1. The first-order chi connectivity index (χ1) is 15.6. The fourth-order valence-corrected chi connectivity index (χ4v) is 5.14. The molecule has 1 fully saturated rings. The molecule has 0 radical (unpaired) electrons. The average molecular weight is 476 g/mol. The molecule has 3 N–H and O–H groups in total. The molecule has 2 aliphatic rings. The Labute approximate surface area is 198 Å². The van der Waals surface area contributed by atoms with Gasteiger partial charge in [0.15, 0.2) is 0 Å². The number of halogens is 1. The van der Waals surface area contributed by atoms with Gasteiger partial charge in [-0.25, -0.2) is 0 Å². The minimum atomic E-state index is 0.457. The highest BCUT2D eigenvalue weighted by molar-refractivity contribution is 8.03. The van der Waals surface area contributed by atoms with Gasteiger partial charge in [-0.05, 0) is 50.6 Å². The summed E-state index contributed by atoms with van der Waals surface area (Å²) in [6.07, 6.45) is 5.81. The summed E-state index contributed by atoms with van der Waals surface area (Å²) in [5, 5.41) is 10.5. The summed E-state index contributed by atoms with van der Waals surface area (Å²) in [4.78, 5) is 17.6. The van der Waals surface area contributed by atoms with Gasteiger partial charge in [-0.2, -0.15) is 15.0 Å². The van der Waals surface area contributed by atoms with Gasteiger partial charge in [-0.3, -0.25) is 4.90 Å². The Morgan fingerprint density at radius 3 is 2.72 bits per heavy atom. The van der Waals surface area contributed by atoms with Crippen molar-refractivity contribution in [2.45, 2.75) is 32.2 Å². The highest BCUT2D eigenvalue weighted by Gasteiger charge is 2.23. The molecule has 10 heteroatoms. The maximum atomic E-state index is 6.27. The third-order valence-electron chi connectivity index (χ3n) is 5.64. The van der Waals surface area contributed by atoms with E-state index >= 15 is 0 Å². The Hall–Kier alpha value is -2.23. The number of likely N-dealkylation sites (tertiary alicyclic amines) is 1. The van der Waals surface area contributed by atoms with Crippen LogP contribution in [0.5, 0.6) is 5.75 Å². The van der Waals surface area contributed by atoms with Crippen molar-refractivity contribution in [1.29, 1.82) is 0 Å². The molecule has 2 aromatic rings. The van der Waals surface area contributed by atoms with Crippen molar-refractivity contribution in [3.63, 3.8) is 0 Å². The van der Waals surface area contributed by atoms with Crippen LogP contribution in [0.15, 0.2) is 29.2 Å². The topological polar surface area (TPSA) is 87.2 Å². The van der Waals surface area contributed by atoms with Crippen LogP contribution in [0.3, 0.4) is 0 Å². The molecule has 1 unspecified atom stereocenters. The summed E-state index contributed by atoms with van der Waals surface area (Å²) >= 11 is 8.15. The molecule has 2 aliphatic heterocycles. The molecular weight excluding hydrogens is 446 g/mol. The largest absolute Gasteiger partial charge is 0.495 e. The van der Waals surface area contributed by atoms with Crippen LogP contribution < -0.4 is 20.7 Å². The molecule has 0 bridgehead atoms. The van der Waals surface area contributed by atoms with E-state index in [4.69, 9.17) is 16.3 Å². The molecule has 1 saturated heterocycles. The van der Waals surface area contributed by atoms with Crippen molar-refractivity contribution in [3.05, 3.63) is 34.2 Å². The molecule has 1 atom stereocenters. The van der Waals surface area contributed by atoms with Crippen LogP contribution in [-0.2, 0) is 0 Å². The summed E-state index contributed by atoms with van der Waals surface area (Å²) in [5.41, 5.74) is 0.779. The molecule has 172 valence electrons. The average Bonchev–Trinajstić information content (AvgIpc) is 3.48. The molecule has 0 saturated carbocycles. The van der Waals surface area contributed by atoms with Gasteiger partial charge in [-0.1, -0.05) is 24.6 Å². The Balaban J connectivity index is 1.50. The first-order valence-electron chi connectivity index (χ1n) is 11.0. The molecule has 1 aromatic carbocycles. The second-order valence-electron chi connectivity index (χ2n) is 7.75. The van der Waals surface area contributed by atoms with E-state index in [-0.39, 0.29) is 0 Å². The molecule has 32 heavy (non-hydrogen) atoms. The van der Waals surface area contributed by atoms with E-state index in [1.807, 2.05) is 23.9 Å². The van der Waals surface area contributed by atoms with Crippen LogP contribution in [0.2, 0.25) is 5.02 Å². The molecule has 3 heterocycles. The normalized spacial score (nSPS) is 18.5. The first-order valence-corrected chi connectivity index (χ1v) is 12.4. The van der Waals surface area contributed by atoms with Crippen LogP contribution >= 0.6 is 23.4 Å². The van der Waals surface area contributed by atoms with Crippen LogP contribution in [0.25, 0.3) is 0 Å². The summed E-state index contributed by atoms with van der Waals surface area (Å²) in [6.45, 7) is 5.96. The highest BCUT2D eigenvalue weighted by Crippen LogP contribution is 2.29. The second kappa shape index (κ2) is 11.1. The molecule has 8 nitrogen and oxygen atoms in total. The summed E-state index contributed by atoms with van der Waals surface area (Å²) in [7, 11) is 1.60. The van der Waals surface area contributed by atoms with E-state index in [1.54, 1.807) is 13.2 Å². The van der Waals surface area contributed by atoms with Crippen molar-refractivity contribution in [2.75, 3.05) is 55.0 Å². The number of thioether (sulfide) groups is 1. The van der Waals surface area contributed by atoms with Gasteiger partial charge in [0.2, 0.25) is 17.8 Å². The second-order valence-corrected chi connectivity index (χ2v) is 9.38. The fourth-order valence-electron chi connectivity index (χ4n) is 3.97. The number of methoxy groups -OCH3 is 1. The van der Waals surface area contributed by atoms with Crippen LogP contribution in [0.4, 0.5) is 23.5 Å². The summed E-state index contributed by atoms with van der Waals surface area (Å²) in [6, 6.07) is 5.99. The van der Waals surface area contributed by atoms with Gasteiger partial charge in [-0.15, -0.1) is 11.8 Å². The Kier molecular flexibility index (Phi) is 7.94. The fraction of sp³-hybridized carbons (Fsp3) is 0.500. The number of nitrogens with one attached hydrogen (secondary N) is 3. The monoisotopic (exact) mass is 475 g/mol. The molecule has 0 amide bonds. The standard InChI is InChI=1S/C22H30ClN7OS/c1-3-30-10-4-6-16(30)13-24-20-27-21(25-14-17-7-5-11-32-17)29-22(28-20)26-15-8-9-19(31-2)18(23)12-15/h7-9,12,16H,3-6,10-11,13-14H2,1-2H3,(H3,24,25,26,27,28,29). The van der Waals surface area contributed by atoms with Crippen LogP contribution in [0.1, 0.15) is 26.2 Å². The minimum absolute atomic E-state index is 0.457. The summed E-state index contributed by atoms with van der Waals surface area (Å²) in [5.74, 6) is 3.31. The number of rotatable bonds is 10. The number of hydrogen-bond acceptors (Lipinski definition) is 9. The molecule has 4 rings (SSSR count). The van der Waals surface area contributed by atoms with Gasteiger partial charge in [0.1, 0.15) is 5.75 Å². The zero-order valence-electron chi connectivity index (χ0n) is 18.5. The predicted molar refractivity (Wildman–Crippen MR) is 134 cm³/mol. The van der Waals surface area contributed by atoms with E-state index in [0.717, 1.165) is 37.5 Å². The maximum Gasteiger partial charge on any atom is 0.233 e. The number of ether oxygens (including phenoxy) is 1. The number of aromatic nitrogens is 3. The lowest BCUT2D eigenvalue weighted by Crippen LogP contribution is -2.35. The maximum absolute atomic E-state index is 6.27. The van der Waals surface area contributed by atoms with E-state index in [9.17, 15) is 0 Å². The van der Waals surface area contributed by atoms with Gasteiger partial charge < -0.3 is 20.7 Å². The van der Waals surface area contributed by atoms with Gasteiger partial charge >= 0.3 is 0 Å². The SMILES string of the molecule is CCN1CCCC1CNc1nc(NCC2=CCCS2)nc(Nc2ccc(OC)c(Cl)c2)n1. The van der Waals surface area contributed by atoms with E-state index in [0.29, 0.717) is 41.2 Å². The smallest absolute Gasteiger partial charge is 0.233 e. The lowest BCUT2D eigenvalue weighted by Gasteiger charge is -2.23.